The van der Waals surface area contributed by atoms with Crippen molar-refractivity contribution in [3.05, 3.63) is 54.4 Å². The molecule has 1 unspecified atom stereocenters. The second-order valence-electron chi connectivity index (χ2n) is 4.54. The fourth-order valence-electron chi connectivity index (χ4n) is 2.36. The highest BCUT2D eigenvalue weighted by Gasteiger charge is 2.42. The summed E-state index contributed by atoms with van der Waals surface area (Å²) < 4.78 is 49.3. The van der Waals surface area contributed by atoms with E-state index in [1.54, 1.807) is 18.2 Å². The minimum Gasteiger partial charge on any atom is -0.265 e. The van der Waals surface area contributed by atoms with Gasteiger partial charge >= 0.3 is 0 Å². The van der Waals surface area contributed by atoms with E-state index in [1.807, 2.05) is 27.7 Å². The third-order valence-corrected chi connectivity index (χ3v) is 7.45. The van der Waals surface area contributed by atoms with E-state index in [0.29, 0.717) is 5.56 Å². The highest BCUT2D eigenvalue weighted by molar-refractivity contribution is 7.96. The first kappa shape index (κ1) is 20.3. The molecule has 0 N–H and O–H groups in total. The molecule has 3 rings (SSSR count). The van der Waals surface area contributed by atoms with Crippen LogP contribution in [0.2, 0.25) is 0 Å². The normalized spacial score (nSPS) is 17.6. The van der Waals surface area contributed by atoms with Gasteiger partial charge in [-0.2, -0.15) is 0 Å². The smallest absolute Gasteiger partial charge is 0.186 e. The molecule has 0 amide bonds. The highest BCUT2D eigenvalue weighted by Crippen LogP contribution is 2.40. The molecule has 5 nitrogen and oxygen atoms in total. The van der Waals surface area contributed by atoms with Crippen molar-refractivity contribution in [3.63, 3.8) is 0 Å². The van der Waals surface area contributed by atoms with Crippen molar-refractivity contribution in [1.82, 2.24) is 4.98 Å². The molecular formula is C17H23NO4S2. The minimum absolute atomic E-state index is 0.0874. The zero-order chi connectivity index (χ0) is 18.4. The number of hydrogen-bond donors (Lipinski definition) is 0. The van der Waals surface area contributed by atoms with Crippen molar-refractivity contribution in [2.24, 2.45) is 0 Å². The summed E-state index contributed by atoms with van der Waals surface area (Å²) in [5, 5.41) is -1.05. The third kappa shape index (κ3) is 3.84. The molecule has 2 heterocycles. The summed E-state index contributed by atoms with van der Waals surface area (Å²) in [6.45, 7) is 8.00. The number of sulfone groups is 2. The quantitative estimate of drug-likeness (QED) is 0.810. The van der Waals surface area contributed by atoms with Gasteiger partial charge in [-0.15, -0.1) is 0 Å². The average molecular weight is 370 g/mol. The van der Waals surface area contributed by atoms with E-state index in [-0.39, 0.29) is 9.79 Å². The number of fused-ring (bicyclic) bond motifs is 1. The van der Waals surface area contributed by atoms with Gasteiger partial charge in [0.1, 0.15) is 5.25 Å². The van der Waals surface area contributed by atoms with Gasteiger partial charge in [0.05, 0.1) is 15.5 Å². The van der Waals surface area contributed by atoms with E-state index in [4.69, 9.17) is 0 Å². The van der Waals surface area contributed by atoms with E-state index in [1.165, 1.54) is 30.6 Å². The molecule has 0 radical (unpaired) electrons. The van der Waals surface area contributed by atoms with Gasteiger partial charge in [-0.25, -0.2) is 16.8 Å². The SMILES string of the molecule is CC.CC.O=S1(=O)CC(S(=O)(=O)c2ccncc2)c2ccccc21. The van der Waals surface area contributed by atoms with Crippen LogP contribution in [-0.2, 0) is 19.7 Å². The molecule has 1 aromatic carbocycles. The maximum atomic E-state index is 12.6. The summed E-state index contributed by atoms with van der Waals surface area (Å²) in [5.41, 5.74) is 0.351. The van der Waals surface area contributed by atoms with Crippen LogP contribution in [0.3, 0.4) is 0 Å². The Kier molecular flexibility index (Phi) is 7.10. The maximum Gasteiger partial charge on any atom is 0.186 e. The summed E-state index contributed by atoms with van der Waals surface area (Å²) in [6, 6.07) is 9.01. The Morgan fingerprint density at radius 2 is 1.50 bits per heavy atom. The molecule has 0 saturated carbocycles. The van der Waals surface area contributed by atoms with E-state index >= 15 is 0 Å². The third-order valence-electron chi connectivity index (χ3n) is 3.32. The monoisotopic (exact) mass is 369 g/mol. The number of nitrogens with zero attached hydrogens (tertiary/aromatic N) is 1. The van der Waals surface area contributed by atoms with Gasteiger partial charge in [0.15, 0.2) is 19.7 Å². The predicted octanol–water partition coefficient (Wildman–Crippen LogP) is 3.44. The van der Waals surface area contributed by atoms with Crippen LogP contribution in [0.4, 0.5) is 0 Å². The van der Waals surface area contributed by atoms with E-state index in [2.05, 4.69) is 4.98 Å². The molecule has 132 valence electrons. The summed E-state index contributed by atoms with van der Waals surface area (Å²) in [6.07, 6.45) is 2.75. The van der Waals surface area contributed by atoms with Gasteiger partial charge in [0, 0.05) is 12.4 Å². The molecule has 0 spiro atoms. The average Bonchev–Trinajstić information content (AvgIpc) is 2.92. The Hall–Kier alpha value is -1.73. The molecule has 0 aliphatic carbocycles. The number of hydrogen-bond acceptors (Lipinski definition) is 5. The van der Waals surface area contributed by atoms with Crippen LogP contribution < -0.4 is 0 Å². The topological polar surface area (TPSA) is 81.2 Å². The molecule has 2 aromatic rings. The Labute approximate surface area is 144 Å². The molecule has 1 aliphatic rings. The molecule has 0 saturated heterocycles. The van der Waals surface area contributed by atoms with Crippen LogP contribution >= 0.6 is 0 Å². The summed E-state index contributed by atoms with van der Waals surface area (Å²) in [7, 11) is -7.28. The lowest BCUT2D eigenvalue weighted by Gasteiger charge is -2.11. The summed E-state index contributed by atoms with van der Waals surface area (Å²) in [5.74, 6) is -0.406. The number of rotatable bonds is 2. The van der Waals surface area contributed by atoms with Crippen LogP contribution in [0.25, 0.3) is 0 Å². The molecule has 0 fully saturated rings. The lowest BCUT2D eigenvalue weighted by Crippen LogP contribution is -2.15. The first-order valence-corrected chi connectivity index (χ1v) is 11.1. The molecule has 24 heavy (non-hydrogen) atoms. The second-order valence-corrected chi connectivity index (χ2v) is 8.67. The maximum absolute atomic E-state index is 12.6. The highest BCUT2D eigenvalue weighted by atomic mass is 32.2. The standard InChI is InChI=1S/C13H11NO4S2.2C2H6/c15-19(16)9-13(11-3-1-2-4-12(11)19)20(17,18)10-5-7-14-8-6-10;2*1-2/h1-8,13H,9H2;2*1-2H3. The van der Waals surface area contributed by atoms with Crippen molar-refractivity contribution in [2.75, 3.05) is 5.75 Å². The molecular weight excluding hydrogens is 346 g/mol. The fourth-order valence-corrected chi connectivity index (χ4v) is 6.67. The number of pyridine rings is 1. The van der Waals surface area contributed by atoms with Crippen LogP contribution in [0.15, 0.2) is 58.6 Å². The van der Waals surface area contributed by atoms with Gasteiger partial charge in [0.2, 0.25) is 0 Å². The molecule has 1 aliphatic heterocycles. The van der Waals surface area contributed by atoms with Gasteiger partial charge in [-0.3, -0.25) is 4.98 Å². The van der Waals surface area contributed by atoms with Gasteiger partial charge < -0.3 is 0 Å². The summed E-state index contributed by atoms with van der Waals surface area (Å²) >= 11 is 0. The van der Waals surface area contributed by atoms with Gasteiger partial charge in [-0.1, -0.05) is 45.9 Å². The van der Waals surface area contributed by atoms with Crippen LogP contribution in [0, 0.1) is 0 Å². The Bertz CT molecular complexity index is 860. The predicted molar refractivity (Wildman–Crippen MR) is 95.4 cm³/mol. The van der Waals surface area contributed by atoms with Crippen molar-refractivity contribution < 1.29 is 16.8 Å². The molecule has 7 heteroatoms. The van der Waals surface area contributed by atoms with Crippen LogP contribution in [-0.4, -0.2) is 27.6 Å². The zero-order valence-corrected chi connectivity index (χ0v) is 15.9. The molecule has 1 atom stereocenters. The Morgan fingerprint density at radius 1 is 0.958 bits per heavy atom. The fraction of sp³-hybridized carbons (Fsp3) is 0.353. The van der Waals surface area contributed by atoms with Crippen molar-refractivity contribution in [1.29, 1.82) is 0 Å². The first-order chi connectivity index (χ1) is 11.4. The Balaban J connectivity index is 0.000000671. The first-order valence-electron chi connectivity index (χ1n) is 7.88. The van der Waals surface area contributed by atoms with E-state index in [9.17, 15) is 16.8 Å². The second kappa shape index (κ2) is 8.39. The number of benzene rings is 1. The van der Waals surface area contributed by atoms with Crippen LogP contribution in [0.1, 0.15) is 38.5 Å². The largest absolute Gasteiger partial charge is 0.265 e. The lowest BCUT2D eigenvalue weighted by atomic mass is 10.2. The molecule has 1 aromatic heterocycles. The van der Waals surface area contributed by atoms with Crippen LogP contribution in [0.5, 0.6) is 0 Å². The summed E-state index contributed by atoms with van der Waals surface area (Å²) in [4.78, 5) is 3.98. The van der Waals surface area contributed by atoms with Crippen molar-refractivity contribution >= 4 is 19.7 Å². The van der Waals surface area contributed by atoms with Crippen molar-refractivity contribution in [3.8, 4) is 0 Å². The number of aromatic nitrogens is 1. The van der Waals surface area contributed by atoms with Crippen molar-refractivity contribution in [2.45, 2.75) is 42.7 Å². The van der Waals surface area contributed by atoms with E-state index in [0.717, 1.165) is 0 Å². The van der Waals surface area contributed by atoms with Gasteiger partial charge in [0.25, 0.3) is 0 Å². The lowest BCUT2D eigenvalue weighted by molar-refractivity contribution is 0.582. The minimum atomic E-state index is -3.74. The molecule has 0 bridgehead atoms. The van der Waals surface area contributed by atoms with E-state index < -0.39 is 30.7 Å². The van der Waals surface area contributed by atoms with Gasteiger partial charge in [-0.05, 0) is 23.8 Å². The zero-order valence-electron chi connectivity index (χ0n) is 14.3. The Morgan fingerprint density at radius 3 is 2.08 bits per heavy atom.